The van der Waals surface area contributed by atoms with Crippen LogP contribution in [0.1, 0.15) is 123 Å². The van der Waals surface area contributed by atoms with Gasteiger partial charge < -0.3 is 4.74 Å². The van der Waals surface area contributed by atoms with Crippen molar-refractivity contribution in [3.8, 4) is 16.9 Å². The quantitative estimate of drug-likeness (QED) is 0.251. The van der Waals surface area contributed by atoms with Crippen LogP contribution in [0.15, 0.2) is 36.4 Å². The van der Waals surface area contributed by atoms with E-state index in [9.17, 15) is 8.78 Å². The lowest BCUT2D eigenvalue weighted by atomic mass is 9.51. The summed E-state index contributed by atoms with van der Waals surface area (Å²) in [4.78, 5) is 0. The van der Waals surface area contributed by atoms with Crippen LogP contribution in [-0.2, 0) is 5.41 Å². The van der Waals surface area contributed by atoms with E-state index in [1.54, 1.807) is 0 Å². The Balaban J connectivity index is 1.40. The lowest BCUT2D eigenvalue weighted by Crippen LogP contribution is -2.44. The zero-order valence-corrected chi connectivity index (χ0v) is 22.8. The molecule has 1 nitrogen and oxygen atoms in total. The Morgan fingerprint density at radius 3 is 1.92 bits per heavy atom. The van der Waals surface area contributed by atoms with Crippen LogP contribution >= 0.6 is 0 Å². The summed E-state index contributed by atoms with van der Waals surface area (Å²) in [6, 6.07) is 11.4. The van der Waals surface area contributed by atoms with Gasteiger partial charge in [-0.15, -0.1) is 0 Å². The SMILES string of the molecule is CCCCCC[C@@H](C)Oc1c(F)cc(-c2ccc(C34CCC(CCCCC)(CC3)CC4)cc2)cc1F. The van der Waals surface area contributed by atoms with Crippen molar-refractivity contribution in [2.24, 2.45) is 5.41 Å². The molecule has 198 valence electrons. The van der Waals surface area contributed by atoms with Crippen molar-refractivity contribution in [3.05, 3.63) is 53.6 Å². The van der Waals surface area contributed by atoms with Crippen LogP contribution in [0.5, 0.6) is 5.75 Å². The summed E-state index contributed by atoms with van der Waals surface area (Å²) < 4.78 is 35.4. The molecule has 0 radical (unpaired) electrons. The van der Waals surface area contributed by atoms with E-state index in [-0.39, 0.29) is 11.9 Å². The molecule has 0 aliphatic heterocycles. The third-order valence-electron chi connectivity index (χ3n) is 9.32. The maximum absolute atomic E-state index is 14.9. The maximum Gasteiger partial charge on any atom is 0.191 e. The molecule has 0 aromatic heterocycles. The van der Waals surface area contributed by atoms with Gasteiger partial charge in [0.25, 0.3) is 0 Å². The van der Waals surface area contributed by atoms with Gasteiger partial charge in [-0.25, -0.2) is 8.78 Å². The Morgan fingerprint density at radius 2 is 1.33 bits per heavy atom. The average Bonchev–Trinajstić information content (AvgIpc) is 2.90. The zero-order valence-electron chi connectivity index (χ0n) is 22.8. The van der Waals surface area contributed by atoms with Crippen LogP contribution in [-0.4, -0.2) is 6.10 Å². The van der Waals surface area contributed by atoms with Crippen molar-refractivity contribution in [2.75, 3.05) is 0 Å². The van der Waals surface area contributed by atoms with Gasteiger partial charge in [0.1, 0.15) is 0 Å². The van der Waals surface area contributed by atoms with Gasteiger partial charge in [0.2, 0.25) is 0 Å². The lowest BCUT2D eigenvalue weighted by molar-refractivity contribution is 0.0305. The van der Waals surface area contributed by atoms with Crippen molar-refractivity contribution in [2.45, 2.75) is 129 Å². The third kappa shape index (κ3) is 6.14. The molecular weight excluding hydrogens is 450 g/mol. The summed E-state index contributed by atoms with van der Waals surface area (Å²) in [7, 11) is 0. The smallest absolute Gasteiger partial charge is 0.191 e. The molecule has 2 aromatic rings. The number of hydrogen-bond acceptors (Lipinski definition) is 1. The topological polar surface area (TPSA) is 9.23 Å². The van der Waals surface area contributed by atoms with E-state index in [4.69, 9.17) is 4.74 Å². The molecule has 3 saturated carbocycles. The Morgan fingerprint density at radius 1 is 0.750 bits per heavy atom. The van der Waals surface area contributed by atoms with Gasteiger partial charge in [0.15, 0.2) is 17.4 Å². The molecule has 1 atom stereocenters. The number of unbranched alkanes of at least 4 members (excludes halogenated alkanes) is 5. The number of rotatable bonds is 13. The minimum Gasteiger partial charge on any atom is -0.485 e. The maximum atomic E-state index is 14.9. The highest BCUT2D eigenvalue weighted by Gasteiger charge is 2.48. The molecule has 3 aliphatic rings. The van der Waals surface area contributed by atoms with Gasteiger partial charge in [-0.2, -0.15) is 0 Å². The highest BCUT2D eigenvalue weighted by molar-refractivity contribution is 5.65. The first kappa shape index (κ1) is 27.1. The van der Waals surface area contributed by atoms with E-state index in [0.717, 1.165) is 24.8 Å². The van der Waals surface area contributed by atoms with Crippen LogP contribution in [0.25, 0.3) is 11.1 Å². The van der Waals surface area contributed by atoms with Crippen molar-refractivity contribution in [3.63, 3.8) is 0 Å². The van der Waals surface area contributed by atoms with Gasteiger partial charge in [-0.1, -0.05) is 76.6 Å². The second-order valence-electron chi connectivity index (χ2n) is 11.9. The van der Waals surface area contributed by atoms with E-state index in [0.29, 0.717) is 16.4 Å². The number of ether oxygens (including phenoxy) is 1. The fourth-order valence-electron chi connectivity index (χ4n) is 6.80. The highest BCUT2D eigenvalue weighted by Crippen LogP contribution is 2.59. The summed E-state index contributed by atoms with van der Waals surface area (Å²) in [5.41, 5.74) is 3.73. The molecule has 0 N–H and O–H groups in total. The van der Waals surface area contributed by atoms with Crippen molar-refractivity contribution < 1.29 is 13.5 Å². The Bertz CT molecular complexity index is 932. The first-order valence-corrected chi connectivity index (χ1v) is 14.7. The largest absolute Gasteiger partial charge is 0.485 e. The van der Waals surface area contributed by atoms with Gasteiger partial charge in [-0.3, -0.25) is 0 Å². The van der Waals surface area contributed by atoms with Crippen molar-refractivity contribution in [1.82, 2.24) is 0 Å². The first-order valence-electron chi connectivity index (χ1n) is 14.7. The molecule has 2 aromatic carbocycles. The minimum absolute atomic E-state index is 0.202. The Hall–Kier alpha value is -1.90. The van der Waals surface area contributed by atoms with Crippen LogP contribution < -0.4 is 4.74 Å². The molecule has 0 amide bonds. The number of halogens is 2. The predicted molar refractivity (Wildman–Crippen MR) is 147 cm³/mol. The second kappa shape index (κ2) is 12.1. The standard InChI is InChI=1S/C33H46F2O/c1-4-6-8-9-11-25(3)36-31-29(34)23-27(24-30(31)35)26-12-14-28(15-13-26)33-20-17-32(18-21-33,19-22-33)16-10-7-5-2/h12-15,23-25H,4-11,16-22H2,1-3H3/t25-,32?,33?/m1/s1. The molecule has 5 rings (SSSR count). The Kier molecular flexibility index (Phi) is 9.12. The molecular formula is C33H46F2O. The lowest BCUT2D eigenvalue weighted by Gasteiger charge is -2.54. The summed E-state index contributed by atoms with van der Waals surface area (Å²) in [5, 5.41) is 0. The molecule has 0 heterocycles. The van der Waals surface area contributed by atoms with E-state index in [2.05, 4.69) is 26.0 Å². The van der Waals surface area contributed by atoms with E-state index in [1.807, 2.05) is 19.1 Å². The van der Waals surface area contributed by atoms with Gasteiger partial charge in [0, 0.05) is 0 Å². The molecule has 0 unspecified atom stereocenters. The fraction of sp³-hybridized carbons (Fsp3) is 0.636. The highest BCUT2D eigenvalue weighted by atomic mass is 19.1. The number of fused-ring (bicyclic) bond motifs is 3. The second-order valence-corrected chi connectivity index (χ2v) is 11.9. The number of hydrogen-bond donors (Lipinski definition) is 0. The summed E-state index contributed by atoms with van der Waals surface area (Å²) in [5.74, 6) is -1.48. The normalized spacial score (nSPS) is 24.1. The third-order valence-corrected chi connectivity index (χ3v) is 9.32. The Labute approximate surface area is 218 Å². The van der Waals surface area contributed by atoms with Crippen LogP contribution in [0.3, 0.4) is 0 Å². The predicted octanol–water partition coefficient (Wildman–Crippen LogP) is 10.5. The molecule has 0 saturated heterocycles. The van der Waals surface area contributed by atoms with E-state index < -0.39 is 11.6 Å². The molecule has 3 fully saturated rings. The minimum atomic E-state index is -0.618. The molecule has 2 bridgehead atoms. The molecule has 3 aliphatic carbocycles. The van der Waals surface area contributed by atoms with Gasteiger partial charge >= 0.3 is 0 Å². The van der Waals surface area contributed by atoms with E-state index in [1.165, 1.54) is 94.7 Å². The molecule has 3 heteroatoms. The van der Waals surface area contributed by atoms with Gasteiger partial charge in [0.05, 0.1) is 6.10 Å². The van der Waals surface area contributed by atoms with Crippen LogP contribution in [0.4, 0.5) is 8.78 Å². The van der Waals surface area contributed by atoms with Crippen molar-refractivity contribution in [1.29, 1.82) is 0 Å². The van der Waals surface area contributed by atoms with Gasteiger partial charge in [-0.05, 0) is 104 Å². The summed E-state index contributed by atoms with van der Waals surface area (Å²) in [6.45, 7) is 6.35. The number of benzene rings is 2. The monoisotopic (exact) mass is 496 g/mol. The fourth-order valence-corrected chi connectivity index (χ4v) is 6.80. The van der Waals surface area contributed by atoms with Crippen molar-refractivity contribution >= 4 is 0 Å². The summed E-state index contributed by atoms with van der Waals surface area (Å²) >= 11 is 0. The zero-order chi connectivity index (χ0) is 25.6. The first-order chi connectivity index (χ1) is 17.4. The molecule has 0 spiro atoms. The molecule has 36 heavy (non-hydrogen) atoms. The van der Waals surface area contributed by atoms with E-state index >= 15 is 0 Å². The van der Waals surface area contributed by atoms with Crippen LogP contribution in [0.2, 0.25) is 0 Å². The summed E-state index contributed by atoms with van der Waals surface area (Å²) in [6.07, 6.45) is 18.5. The van der Waals surface area contributed by atoms with Crippen LogP contribution in [0, 0.1) is 17.0 Å². The average molecular weight is 497 g/mol.